The SMILES string of the molecule is CN=C(NCCC(=O)N(C)C)NC1CCN(Cc2ccccc2)C(C)C1. The fraction of sp³-hybridized carbons (Fsp3) is 0.600. The van der Waals surface area contributed by atoms with E-state index in [1.165, 1.54) is 5.56 Å². The number of nitrogens with one attached hydrogen (secondary N) is 2. The summed E-state index contributed by atoms with van der Waals surface area (Å²) < 4.78 is 0. The average molecular weight is 360 g/mol. The molecule has 0 spiro atoms. The van der Waals surface area contributed by atoms with Crippen molar-refractivity contribution in [1.82, 2.24) is 20.4 Å². The normalized spacial score (nSPS) is 21.3. The Bertz CT molecular complexity index is 587. The Balaban J connectivity index is 1.76. The second-order valence-corrected chi connectivity index (χ2v) is 7.21. The number of amides is 1. The molecular weight excluding hydrogens is 326 g/mol. The van der Waals surface area contributed by atoms with Gasteiger partial charge in [-0.2, -0.15) is 0 Å². The first kappa shape index (κ1) is 20.2. The topological polar surface area (TPSA) is 60.0 Å². The van der Waals surface area contributed by atoms with E-state index >= 15 is 0 Å². The molecule has 1 saturated heterocycles. The number of benzene rings is 1. The second-order valence-electron chi connectivity index (χ2n) is 7.21. The van der Waals surface area contributed by atoms with Crippen LogP contribution in [0.25, 0.3) is 0 Å². The van der Waals surface area contributed by atoms with Crippen LogP contribution < -0.4 is 10.6 Å². The van der Waals surface area contributed by atoms with Crippen molar-refractivity contribution in [2.75, 3.05) is 34.2 Å². The molecule has 0 aromatic heterocycles. The zero-order valence-electron chi connectivity index (χ0n) is 16.5. The lowest BCUT2D eigenvalue weighted by molar-refractivity contribution is -0.128. The summed E-state index contributed by atoms with van der Waals surface area (Å²) in [4.78, 5) is 20.1. The molecule has 1 fully saturated rings. The van der Waals surface area contributed by atoms with Gasteiger partial charge in [0.25, 0.3) is 0 Å². The number of guanidine groups is 1. The van der Waals surface area contributed by atoms with Crippen molar-refractivity contribution < 1.29 is 4.79 Å². The lowest BCUT2D eigenvalue weighted by atomic mass is 9.97. The molecule has 1 heterocycles. The third kappa shape index (κ3) is 6.33. The number of aliphatic imine (C=N–C) groups is 1. The summed E-state index contributed by atoms with van der Waals surface area (Å²) in [7, 11) is 5.33. The fourth-order valence-electron chi connectivity index (χ4n) is 3.30. The molecule has 1 aromatic carbocycles. The van der Waals surface area contributed by atoms with Gasteiger partial charge >= 0.3 is 0 Å². The van der Waals surface area contributed by atoms with Crippen LogP contribution in [-0.2, 0) is 11.3 Å². The summed E-state index contributed by atoms with van der Waals surface area (Å²) >= 11 is 0. The number of hydrogen-bond acceptors (Lipinski definition) is 3. The maximum absolute atomic E-state index is 11.7. The summed E-state index contributed by atoms with van der Waals surface area (Å²) in [5.41, 5.74) is 1.37. The largest absolute Gasteiger partial charge is 0.356 e. The minimum absolute atomic E-state index is 0.121. The molecule has 1 aliphatic heterocycles. The van der Waals surface area contributed by atoms with Gasteiger partial charge in [-0.1, -0.05) is 30.3 Å². The monoisotopic (exact) mass is 359 g/mol. The second kappa shape index (κ2) is 10.2. The van der Waals surface area contributed by atoms with E-state index in [9.17, 15) is 4.79 Å². The van der Waals surface area contributed by atoms with E-state index in [4.69, 9.17) is 0 Å². The van der Waals surface area contributed by atoms with E-state index in [0.29, 0.717) is 25.0 Å². The van der Waals surface area contributed by atoms with E-state index in [-0.39, 0.29) is 5.91 Å². The Hall–Kier alpha value is -2.08. The molecule has 2 unspecified atom stereocenters. The standard InChI is InChI=1S/C20H33N5O/c1-16-14-18(11-13-25(16)15-17-8-6-5-7-9-17)23-20(21-2)22-12-10-19(26)24(3)4/h5-9,16,18H,10-15H2,1-4H3,(H2,21,22,23). The Morgan fingerprint density at radius 3 is 2.65 bits per heavy atom. The highest BCUT2D eigenvalue weighted by molar-refractivity contribution is 5.81. The van der Waals surface area contributed by atoms with E-state index in [0.717, 1.165) is 31.9 Å². The predicted octanol–water partition coefficient (Wildman–Crippen LogP) is 1.68. The molecule has 1 aliphatic rings. The summed E-state index contributed by atoms with van der Waals surface area (Å²) in [6.45, 7) is 4.97. The van der Waals surface area contributed by atoms with Gasteiger partial charge in [0.2, 0.25) is 5.91 Å². The first-order valence-electron chi connectivity index (χ1n) is 9.45. The molecule has 0 radical (unpaired) electrons. The number of carbonyl (C=O) groups is 1. The average Bonchev–Trinajstić information content (AvgIpc) is 2.63. The lowest BCUT2D eigenvalue weighted by Crippen LogP contribution is -2.51. The minimum Gasteiger partial charge on any atom is -0.356 e. The molecule has 2 atom stereocenters. The Kier molecular flexibility index (Phi) is 7.91. The van der Waals surface area contributed by atoms with Crippen LogP contribution in [0, 0.1) is 0 Å². The number of piperidine rings is 1. The lowest BCUT2D eigenvalue weighted by Gasteiger charge is -2.38. The van der Waals surface area contributed by atoms with Gasteiger partial charge in [0.1, 0.15) is 0 Å². The summed E-state index contributed by atoms with van der Waals surface area (Å²) in [6, 6.07) is 11.6. The van der Waals surface area contributed by atoms with Crippen molar-refractivity contribution in [1.29, 1.82) is 0 Å². The third-order valence-corrected chi connectivity index (χ3v) is 4.94. The van der Waals surface area contributed by atoms with Crippen molar-refractivity contribution in [2.45, 2.75) is 44.8 Å². The number of rotatable bonds is 6. The van der Waals surface area contributed by atoms with Crippen molar-refractivity contribution >= 4 is 11.9 Å². The summed E-state index contributed by atoms with van der Waals surface area (Å²) in [6.07, 6.45) is 2.65. The zero-order chi connectivity index (χ0) is 18.9. The van der Waals surface area contributed by atoms with Gasteiger partial charge in [-0.3, -0.25) is 14.7 Å². The van der Waals surface area contributed by atoms with Crippen LogP contribution in [0.1, 0.15) is 31.7 Å². The van der Waals surface area contributed by atoms with Gasteiger partial charge in [0.15, 0.2) is 5.96 Å². The van der Waals surface area contributed by atoms with Crippen LogP contribution in [0.15, 0.2) is 35.3 Å². The van der Waals surface area contributed by atoms with Gasteiger partial charge in [0, 0.05) is 59.3 Å². The van der Waals surface area contributed by atoms with Crippen LogP contribution in [0.4, 0.5) is 0 Å². The van der Waals surface area contributed by atoms with E-state index < -0.39 is 0 Å². The number of hydrogen-bond donors (Lipinski definition) is 2. The maximum Gasteiger partial charge on any atom is 0.223 e. The predicted molar refractivity (Wildman–Crippen MR) is 107 cm³/mol. The van der Waals surface area contributed by atoms with Gasteiger partial charge in [0.05, 0.1) is 0 Å². The quantitative estimate of drug-likeness (QED) is 0.599. The molecule has 2 N–H and O–H groups in total. The van der Waals surface area contributed by atoms with Crippen LogP contribution >= 0.6 is 0 Å². The molecule has 144 valence electrons. The summed E-state index contributed by atoms with van der Waals surface area (Å²) in [5.74, 6) is 0.904. The Morgan fingerprint density at radius 1 is 1.31 bits per heavy atom. The number of carbonyl (C=O) groups excluding carboxylic acids is 1. The van der Waals surface area contributed by atoms with Crippen LogP contribution in [0.2, 0.25) is 0 Å². The maximum atomic E-state index is 11.7. The van der Waals surface area contributed by atoms with Gasteiger partial charge in [-0.15, -0.1) is 0 Å². The number of likely N-dealkylation sites (tertiary alicyclic amines) is 1. The van der Waals surface area contributed by atoms with Gasteiger partial charge < -0.3 is 15.5 Å². The van der Waals surface area contributed by atoms with Gasteiger partial charge in [-0.25, -0.2) is 0 Å². The van der Waals surface area contributed by atoms with Crippen molar-refractivity contribution in [2.24, 2.45) is 4.99 Å². The molecule has 26 heavy (non-hydrogen) atoms. The van der Waals surface area contributed by atoms with Crippen LogP contribution in [0.3, 0.4) is 0 Å². The summed E-state index contributed by atoms with van der Waals surface area (Å²) in [5, 5.41) is 6.76. The Labute approximate surface area is 157 Å². The van der Waals surface area contributed by atoms with Crippen LogP contribution in [0.5, 0.6) is 0 Å². The van der Waals surface area contributed by atoms with Crippen molar-refractivity contribution in [3.63, 3.8) is 0 Å². The van der Waals surface area contributed by atoms with Crippen molar-refractivity contribution in [3.8, 4) is 0 Å². The highest BCUT2D eigenvalue weighted by atomic mass is 16.2. The molecule has 0 bridgehead atoms. The minimum atomic E-state index is 0.121. The molecule has 2 rings (SSSR count). The smallest absolute Gasteiger partial charge is 0.223 e. The molecule has 1 amide bonds. The molecule has 0 aliphatic carbocycles. The molecule has 6 nitrogen and oxygen atoms in total. The Morgan fingerprint density at radius 2 is 2.04 bits per heavy atom. The third-order valence-electron chi connectivity index (χ3n) is 4.94. The molecular formula is C20H33N5O. The van der Waals surface area contributed by atoms with Crippen LogP contribution in [-0.4, -0.2) is 68.0 Å². The van der Waals surface area contributed by atoms with E-state index in [1.807, 2.05) is 0 Å². The molecule has 0 saturated carbocycles. The highest BCUT2D eigenvalue weighted by Crippen LogP contribution is 2.19. The molecule has 6 heteroatoms. The van der Waals surface area contributed by atoms with E-state index in [1.54, 1.807) is 26.0 Å². The fourth-order valence-corrected chi connectivity index (χ4v) is 3.30. The first-order chi connectivity index (χ1) is 12.5. The number of nitrogens with zero attached hydrogens (tertiary/aromatic N) is 3. The van der Waals surface area contributed by atoms with Gasteiger partial charge in [-0.05, 0) is 25.3 Å². The van der Waals surface area contributed by atoms with Crippen molar-refractivity contribution in [3.05, 3.63) is 35.9 Å². The molecule has 1 aromatic rings. The highest BCUT2D eigenvalue weighted by Gasteiger charge is 2.25. The van der Waals surface area contributed by atoms with E-state index in [2.05, 4.69) is 57.8 Å². The zero-order valence-corrected chi connectivity index (χ0v) is 16.5. The first-order valence-corrected chi connectivity index (χ1v) is 9.45.